The van der Waals surface area contributed by atoms with E-state index in [0.29, 0.717) is 18.1 Å². The van der Waals surface area contributed by atoms with Gasteiger partial charge in [0, 0.05) is 37.5 Å². The van der Waals surface area contributed by atoms with Gasteiger partial charge in [-0.15, -0.1) is 0 Å². The number of carboxylic acid groups (broad SMARTS) is 1. The van der Waals surface area contributed by atoms with Gasteiger partial charge in [-0.05, 0) is 24.0 Å². The van der Waals surface area contributed by atoms with Crippen molar-refractivity contribution in [2.75, 3.05) is 23.3 Å². The van der Waals surface area contributed by atoms with Crippen LogP contribution in [0.2, 0.25) is 0 Å². The van der Waals surface area contributed by atoms with Crippen LogP contribution in [0, 0.1) is 0 Å². The molecule has 1 unspecified atom stereocenters. The Morgan fingerprint density at radius 3 is 2.77 bits per heavy atom. The molecule has 2 aromatic rings. The Balaban J connectivity index is 1.59. The molecule has 10 nitrogen and oxygen atoms in total. The topological polar surface area (TPSA) is 144 Å². The smallest absolute Gasteiger partial charge is 0.303 e. The normalized spacial score (nSPS) is 15.8. The van der Waals surface area contributed by atoms with E-state index in [0.717, 1.165) is 5.56 Å². The third-order valence-electron chi connectivity index (χ3n) is 4.83. The number of aromatic nitrogens is 2. The Hall–Kier alpha value is -3.69. The number of imidazole rings is 1. The first kappa shape index (κ1) is 21.0. The number of aliphatic carboxylic acids is 1. The number of fused-ring (bicyclic) bond motifs is 1. The number of carbonyl (C=O) groups excluding carboxylic acids is 3. The minimum Gasteiger partial charge on any atom is -0.481 e. The molecule has 1 aromatic carbocycles. The second-order valence-corrected chi connectivity index (χ2v) is 6.96. The van der Waals surface area contributed by atoms with Crippen molar-refractivity contribution in [3.8, 4) is 0 Å². The van der Waals surface area contributed by atoms with E-state index in [-0.39, 0.29) is 50.1 Å². The lowest BCUT2D eigenvalue weighted by Gasteiger charge is -2.23. The van der Waals surface area contributed by atoms with Crippen LogP contribution in [0.3, 0.4) is 0 Å². The maximum Gasteiger partial charge on any atom is 0.303 e. The summed E-state index contributed by atoms with van der Waals surface area (Å²) in [7, 11) is 0. The molecule has 0 saturated heterocycles. The maximum absolute atomic E-state index is 12.6. The average molecular weight is 413 g/mol. The van der Waals surface area contributed by atoms with Crippen LogP contribution in [-0.4, -0.2) is 51.9 Å². The molecule has 0 bridgehead atoms. The summed E-state index contributed by atoms with van der Waals surface area (Å²) in [5.74, 6) is -1.84. The van der Waals surface area contributed by atoms with Crippen LogP contribution in [0.4, 0.5) is 11.6 Å². The number of rotatable bonds is 8. The quantitative estimate of drug-likeness (QED) is 0.512. The number of carbonyl (C=O) groups is 4. The van der Waals surface area contributed by atoms with E-state index in [2.05, 4.69) is 20.6 Å². The summed E-state index contributed by atoms with van der Waals surface area (Å²) in [6, 6.07) is 7.06. The summed E-state index contributed by atoms with van der Waals surface area (Å²) in [4.78, 5) is 56.1. The number of nitrogens with one attached hydrogen (secondary N) is 3. The van der Waals surface area contributed by atoms with Crippen molar-refractivity contribution in [3.05, 3.63) is 42.2 Å². The van der Waals surface area contributed by atoms with Crippen molar-refractivity contribution in [3.63, 3.8) is 0 Å². The van der Waals surface area contributed by atoms with E-state index in [4.69, 9.17) is 0 Å². The summed E-state index contributed by atoms with van der Waals surface area (Å²) >= 11 is 0. The monoisotopic (exact) mass is 413 g/mol. The summed E-state index contributed by atoms with van der Waals surface area (Å²) in [5, 5.41) is 14.4. The van der Waals surface area contributed by atoms with Gasteiger partial charge >= 0.3 is 5.97 Å². The molecule has 4 N–H and O–H groups in total. The predicted octanol–water partition coefficient (Wildman–Crippen LogP) is 1.24. The van der Waals surface area contributed by atoms with Gasteiger partial charge < -0.3 is 20.3 Å². The molecule has 10 heteroatoms. The highest BCUT2D eigenvalue weighted by atomic mass is 16.4. The van der Waals surface area contributed by atoms with Gasteiger partial charge in [-0.2, -0.15) is 0 Å². The zero-order valence-corrected chi connectivity index (χ0v) is 16.3. The molecule has 1 atom stereocenters. The minimum absolute atomic E-state index is 0.0532. The Kier molecular flexibility index (Phi) is 6.79. The number of amides is 3. The molecule has 0 spiro atoms. The van der Waals surface area contributed by atoms with Crippen LogP contribution in [0.5, 0.6) is 0 Å². The van der Waals surface area contributed by atoms with Crippen molar-refractivity contribution in [1.82, 2.24) is 15.3 Å². The molecule has 0 aliphatic carbocycles. The number of hydrogen-bond donors (Lipinski definition) is 4. The molecule has 1 aliphatic rings. The molecular weight excluding hydrogens is 390 g/mol. The van der Waals surface area contributed by atoms with Crippen LogP contribution in [0.15, 0.2) is 36.7 Å². The lowest BCUT2D eigenvalue weighted by Crippen LogP contribution is -2.41. The van der Waals surface area contributed by atoms with Crippen molar-refractivity contribution in [2.45, 2.75) is 31.6 Å². The summed E-state index contributed by atoms with van der Waals surface area (Å²) in [6.45, 7) is -0.0911. The fourth-order valence-corrected chi connectivity index (χ4v) is 3.44. The third-order valence-corrected chi connectivity index (χ3v) is 4.83. The van der Waals surface area contributed by atoms with Gasteiger partial charge in [0.1, 0.15) is 6.54 Å². The van der Waals surface area contributed by atoms with Crippen LogP contribution >= 0.6 is 0 Å². The number of carboxylic acids is 1. The van der Waals surface area contributed by atoms with Crippen molar-refractivity contribution >= 4 is 35.3 Å². The molecule has 3 amide bonds. The molecule has 30 heavy (non-hydrogen) atoms. The number of para-hydroxylation sites is 1. The van der Waals surface area contributed by atoms with Crippen molar-refractivity contribution in [2.24, 2.45) is 0 Å². The van der Waals surface area contributed by atoms with Crippen LogP contribution in [0.1, 0.15) is 37.2 Å². The molecule has 1 aromatic heterocycles. The zero-order chi connectivity index (χ0) is 21.5. The Labute approximate surface area is 172 Å². The third kappa shape index (κ3) is 5.43. The Morgan fingerprint density at radius 1 is 1.23 bits per heavy atom. The average Bonchev–Trinajstić information content (AvgIpc) is 3.17. The van der Waals surface area contributed by atoms with Crippen LogP contribution in [0.25, 0.3) is 0 Å². The number of nitrogens with zero attached hydrogens (tertiary/aromatic N) is 2. The fourth-order valence-electron chi connectivity index (χ4n) is 3.44. The SMILES string of the molecule is O=C(O)CC1CCC(=O)N(CC(=O)NCCC(=O)Nc2ncc[nH]2)c2ccccc21. The van der Waals surface area contributed by atoms with Gasteiger partial charge in [0.05, 0.1) is 6.42 Å². The lowest BCUT2D eigenvalue weighted by molar-refractivity contribution is -0.137. The van der Waals surface area contributed by atoms with Crippen LogP contribution in [-0.2, 0) is 19.2 Å². The predicted molar refractivity (Wildman–Crippen MR) is 108 cm³/mol. The van der Waals surface area contributed by atoms with Crippen molar-refractivity contribution in [1.29, 1.82) is 0 Å². The van der Waals surface area contributed by atoms with E-state index < -0.39 is 11.9 Å². The maximum atomic E-state index is 12.6. The lowest BCUT2D eigenvalue weighted by atomic mass is 9.91. The van der Waals surface area contributed by atoms with Gasteiger partial charge in [-0.25, -0.2) is 4.98 Å². The number of benzene rings is 1. The second-order valence-electron chi connectivity index (χ2n) is 6.96. The standard InChI is InChI=1S/C20H23N5O5/c26-16(24-20-22-9-10-23-20)7-8-21-17(27)12-25-15-4-2-1-3-14(15)13(11-19(29)30)5-6-18(25)28/h1-4,9-10,13H,5-8,11-12H2,(H,21,27)(H,29,30)(H2,22,23,24,26). The van der Waals surface area contributed by atoms with E-state index in [9.17, 15) is 24.3 Å². The van der Waals surface area contributed by atoms with Gasteiger partial charge in [0.25, 0.3) is 0 Å². The van der Waals surface area contributed by atoms with E-state index in [1.54, 1.807) is 30.5 Å². The van der Waals surface area contributed by atoms with Gasteiger partial charge in [0.15, 0.2) is 0 Å². The molecule has 0 radical (unpaired) electrons. The molecular formula is C20H23N5O5. The highest BCUT2D eigenvalue weighted by molar-refractivity contribution is 6.00. The Morgan fingerprint density at radius 2 is 2.03 bits per heavy atom. The van der Waals surface area contributed by atoms with E-state index >= 15 is 0 Å². The van der Waals surface area contributed by atoms with Crippen molar-refractivity contribution < 1.29 is 24.3 Å². The molecule has 3 rings (SSSR count). The van der Waals surface area contributed by atoms with E-state index in [1.807, 2.05) is 0 Å². The molecule has 0 saturated carbocycles. The van der Waals surface area contributed by atoms with Gasteiger partial charge in [-0.1, -0.05) is 18.2 Å². The number of aromatic amines is 1. The van der Waals surface area contributed by atoms with E-state index in [1.165, 1.54) is 11.1 Å². The van der Waals surface area contributed by atoms with Gasteiger partial charge in [-0.3, -0.25) is 24.5 Å². The second kappa shape index (κ2) is 9.68. The molecule has 1 aliphatic heterocycles. The zero-order valence-electron chi connectivity index (χ0n) is 16.3. The first-order chi connectivity index (χ1) is 14.4. The molecule has 158 valence electrons. The fraction of sp³-hybridized carbons (Fsp3) is 0.350. The minimum atomic E-state index is -0.929. The first-order valence-electron chi connectivity index (χ1n) is 9.61. The van der Waals surface area contributed by atoms with Crippen LogP contribution < -0.4 is 15.5 Å². The molecule has 0 fully saturated rings. The summed E-state index contributed by atoms with van der Waals surface area (Å²) < 4.78 is 0. The summed E-state index contributed by atoms with van der Waals surface area (Å²) in [5.41, 5.74) is 1.30. The molecule has 2 heterocycles. The first-order valence-corrected chi connectivity index (χ1v) is 9.61. The Bertz CT molecular complexity index is 927. The number of anilines is 2. The van der Waals surface area contributed by atoms with Gasteiger partial charge in [0.2, 0.25) is 23.7 Å². The number of hydrogen-bond acceptors (Lipinski definition) is 5. The number of H-pyrrole nitrogens is 1. The highest BCUT2D eigenvalue weighted by Crippen LogP contribution is 2.36. The highest BCUT2D eigenvalue weighted by Gasteiger charge is 2.30. The largest absolute Gasteiger partial charge is 0.481 e. The summed E-state index contributed by atoms with van der Waals surface area (Å²) in [6.07, 6.45) is 3.63.